The minimum absolute atomic E-state index is 0.0901. The molecule has 1 aliphatic heterocycles. The van der Waals surface area contributed by atoms with Gasteiger partial charge in [-0.15, -0.1) is 11.8 Å². The fraction of sp³-hybridized carbons (Fsp3) is 0.200. The Bertz CT molecular complexity index is 834. The number of amides is 2. The number of fused-ring (bicyclic) bond motifs is 1. The van der Waals surface area contributed by atoms with Gasteiger partial charge in [0.2, 0.25) is 5.91 Å². The second-order valence-corrected chi connectivity index (χ2v) is 7.35. The maximum absolute atomic E-state index is 12.3. The largest absolute Gasteiger partial charge is 0.465 e. The highest BCUT2D eigenvalue weighted by Crippen LogP contribution is 2.36. The number of hydrogen-bond acceptors (Lipinski definition) is 7. The van der Waals surface area contributed by atoms with E-state index in [0.29, 0.717) is 21.3 Å². The third-order valence-electron chi connectivity index (χ3n) is 3.29. The molecule has 0 spiro atoms. The third-order valence-corrected chi connectivity index (χ3v) is 5.36. The number of carbonyl (C=O) groups excluding carboxylic acids is 3. The number of anilines is 2. The number of rotatable bonds is 3. The predicted octanol–water partition coefficient (Wildman–Crippen LogP) is 2.61. The van der Waals surface area contributed by atoms with Crippen LogP contribution in [0.4, 0.5) is 10.8 Å². The molecule has 24 heavy (non-hydrogen) atoms. The van der Waals surface area contributed by atoms with E-state index in [4.69, 9.17) is 0 Å². The van der Waals surface area contributed by atoms with E-state index in [1.165, 1.54) is 25.1 Å². The van der Waals surface area contributed by atoms with Crippen molar-refractivity contribution < 1.29 is 19.1 Å². The molecule has 2 heterocycles. The van der Waals surface area contributed by atoms with Crippen molar-refractivity contribution in [2.75, 3.05) is 17.7 Å². The quantitative estimate of drug-likeness (QED) is 0.814. The van der Waals surface area contributed by atoms with Gasteiger partial charge in [-0.2, -0.15) is 0 Å². The zero-order valence-electron chi connectivity index (χ0n) is 12.8. The molecule has 0 fully saturated rings. The van der Waals surface area contributed by atoms with Gasteiger partial charge in [0.1, 0.15) is 4.88 Å². The van der Waals surface area contributed by atoms with Crippen LogP contribution in [-0.4, -0.2) is 35.1 Å². The van der Waals surface area contributed by atoms with Gasteiger partial charge in [0.15, 0.2) is 5.13 Å². The lowest BCUT2D eigenvalue weighted by molar-refractivity contribution is -0.115. The standard InChI is InChI=1S/C15H13N3O4S2/c1-7-12(19)17-9-5-8(3-4-10(9)23-7)13(20)18-15-16-6-11(24-15)14(21)22-2/h3-7H,1-2H3,(H,17,19)(H,16,18,20)/t7-/m1/s1. The molecule has 2 N–H and O–H groups in total. The molecule has 0 aliphatic carbocycles. The number of nitrogens with zero attached hydrogens (tertiary/aromatic N) is 1. The zero-order chi connectivity index (χ0) is 17.3. The number of benzene rings is 1. The third kappa shape index (κ3) is 3.26. The van der Waals surface area contributed by atoms with Gasteiger partial charge < -0.3 is 10.1 Å². The van der Waals surface area contributed by atoms with E-state index in [2.05, 4.69) is 20.4 Å². The number of hydrogen-bond donors (Lipinski definition) is 2. The number of methoxy groups -OCH3 is 1. The average Bonchev–Trinajstić information content (AvgIpc) is 3.03. The zero-order valence-corrected chi connectivity index (χ0v) is 14.4. The van der Waals surface area contributed by atoms with Crippen molar-refractivity contribution in [3.8, 4) is 0 Å². The summed E-state index contributed by atoms with van der Waals surface area (Å²) in [4.78, 5) is 40.6. The molecule has 2 amide bonds. The van der Waals surface area contributed by atoms with E-state index >= 15 is 0 Å². The molecule has 2 aromatic rings. The molecule has 0 unspecified atom stereocenters. The van der Waals surface area contributed by atoms with Crippen LogP contribution in [0.5, 0.6) is 0 Å². The van der Waals surface area contributed by atoms with Gasteiger partial charge in [0, 0.05) is 10.5 Å². The van der Waals surface area contributed by atoms with Crippen LogP contribution in [0.2, 0.25) is 0 Å². The fourth-order valence-electron chi connectivity index (χ4n) is 2.05. The summed E-state index contributed by atoms with van der Waals surface area (Å²) in [7, 11) is 1.28. The van der Waals surface area contributed by atoms with Gasteiger partial charge in [-0.1, -0.05) is 11.3 Å². The van der Waals surface area contributed by atoms with Crippen molar-refractivity contribution in [3.63, 3.8) is 0 Å². The number of esters is 1. The summed E-state index contributed by atoms with van der Waals surface area (Å²) in [6.07, 6.45) is 1.34. The van der Waals surface area contributed by atoms with Gasteiger partial charge in [0.05, 0.1) is 24.2 Å². The number of thiazole rings is 1. The second-order valence-electron chi connectivity index (χ2n) is 4.94. The highest BCUT2D eigenvalue weighted by atomic mass is 32.2. The molecule has 9 heteroatoms. The number of thioether (sulfide) groups is 1. The van der Waals surface area contributed by atoms with Crippen LogP contribution in [0.1, 0.15) is 27.0 Å². The smallest absolute Gasteiger partial charge is 0.349 e. The number of ether oxygens (including phenoxy) is 1. The Balaban J connectivity index is 1.76. The van der Waals surface area contributed by atoms with Crippen molar-refractivity contribution in [2.24, 2.45) is 0 Å². The topological polar surface area (TPSA) is 97.4 Å². The summed E-state index contributed by atoms with van der Waals surface area (Å²) in [6, 6.07) is 5.10. The predicted molar refractivity (Wildman–Crippen MR) is 91.8 cm³/mol. The van der Waals surface area contributed by atoms with Gasteiger partial charge in [-0.25, -0.2) is 9.78 Å². The summed E-state index contributed by atoms with van der Waals surface area (Å²) in [5.74, 6) is -0.968. The minimum atomic E-state index is -0.504. The SMILES string of the molecule is COC(=O)c1cnc(NC(=O)c2ccc3c(c2)NC(=O)[C@@H](C)S3)s1. The Hall–Kier alpha value is -2.39. The highest BCUT2D eigenvalue weighted by Gasteiger charge is 2.24. The summed E-state index contributed by atoms with van der Waals surface area (Å²) in [5.41, 5.74) is 1.00. The first-order chi connectivity index (χ1) is 11.5. The molecular weight excluding hydrogens is 350 g/mol. The second kappa shape index (κ2) is 6.62. The first kappa shape index (κ1) is 16.5. The van der Waals surface area contributed by atoms with E-state index < -0.39 is 5.97 Å². The lowest BCUT2D eigenvalue weighted by Gasteiger charge is -2.21. The average molecular weight is 363 g/mol. The maximum Gasteiger partial charge on any atom is 0.349 e. The monoisotopic (exact) mass is 363 g/mol. The first-order valence-electron chi connectivity index (χ1n) is 6.95. The summed E-state index contributed by atoms with van der Waals surface area (Å²) < 4.78 is 4.60. The van der Waals surface area contributed by atoms with Crippen LogP contribution in [0, 0.1) is 0 Å². The highest BCUT2D eigenvalue weighted by molar-refractivity contribution is 8.00. The molecular formula is C15H13N3O4S2. The number of carbonyl (C=O) groups is 3. The number of nitrogens with one attached hydrogen (secondary N) is 2. The summed E-state index contributed by atoms with van der Waals surface area (Å²) >= 11 is 2.47. The molecule has 1 atom stereocenters. The van der Waals surface area contributed by atoms with Gasteiger partial charge >= 0.3 is 5.97 Å². The molecule has 0 radical (unpaired) electrons. The van der Waals surface area contributed by atoms with E-state index in [-0.39, 0.29) is 17.1 Å². The lowest BCUT2D eigenvalue weighted by Crippen LogP contribution is -2.26. The van der Waals surface area contributed by atoms with Crippen LogP contribution in [0.25, 0.3) is 0 Å². The van der Waals surface area contributed by atoms with Gasteiger partial charge in [0.25, 0.3) is 5.91 Å². The Morgan fingerprint density at radius 2 is 2.17 bits per heavy atom. The van der Waals surface area contributed by atoms with Gasteiger partial charge in [-0.3, -0.25) is 14.9 Å². The van der Waals surface area contributed by atoms with Crippen molar-refractivity contribution in [1.82, 2.24) is 4.98 Å². The van der Waals surface area contributed by atoms with Crippen LogP contribution >= 0.6 is 23.1 Å². The van der Waals surface area contributed by atoms with Crippen molar-refractivity contribution >= 4 is 51.7 Å². The normalized spacial score (nSPS) is 16.1. The summed E-state index contributed by atoms with van der Waals surface area (Å²) in [6.45, 7) is 1.82. The molecule has 0 saturated carbocycles. The van der Waals surface area contributed by atoms with Crippen molar-refractivity contribution in [3.05, 3.63) is 34.8 Å². The Morgan fingerprint density at radius 3 is 2.92 bits per heavy atom. The molecule has 0 bridgehead atoms. The molecule has 1 aromatic heterocycles. The molecule has 124 valence electrons. The van der Waals surface area contributed by atoms with Crippen LogP contribution in [0.15, 0.2) is 29.3 Å². The van der Waals surface area contributed by atoms with E-state index in [9.17, 15) is 14.4 Å². The summed E-state index contributed by atoms with van der Waals surface area (Å²) in [5, 5.41) is 5.54. The Labute approximate surface area is 145 Å². The minimum Gasteiger partial charge on any atom is -0.465 e. The van der Waals surface area contributed by atoms with Crippen LogP contribution in [-0.2, 0) is 9.53 Å². The van der Waals surface area contributed by atoms with Crippen LogP contribution < -0.4 is 10.6 Å². The van der Waals surface area contributed by atoms with Crippen molar-refractivity contribution in [1.29, 1.82) is 0 Å². The van der Waals surface area contributed by atoms with Gasteiger partial charge in [-0.05, 0) is 25.1 Å². The lowest BCUT2D eigenvalue weighted by atomic mass is 10.2. The Morgan fingerprint density at radius 1 is 1.38 bits per heavy atom. The van der Waals surface area contributed by atoms with Crippen LogP contribution in [0.3, 0.4) is 0 Å². The molecule has 0 saturated heterocycles. The number of aromatic nitrogens is 1. The van der Waals surface area contributed by atoms with E-state index in [1.807, 2.05) is 6.92 Å². The molecule has 1 aliphatic rings. The van der Waals surface area contributed by atoms with Crippen molar-refractivity contribution in [2.45, 2.75) is 17.1 Å². The molecule has 7 nitrogen and oxygen atoms in total. The maximum atomic E-state index is 12.3. The van der Waals surface area contributed by atoms with E-state index in [0.717, 1.165) is 16.2 Å². The molecule has 3 rings (SSSR count). The van der Waals surface area contributed by atoms with E-state index in [1.54, 1.807) is 18.2 Å². The fourth-order valence-corrected chi connectivity index (χ4v) is 3.71. The Kier molecular flexibility index (Phi) is 4.54. The molecule has 1 aromatic carbocycles. The first-order valence-corrected chi connectivity index (χ1v) is 8.64.